The van der Waals surface area contributed by atoms with Crippen LogP contribution in [0.15, 0.2) is 12.1 Å². The minimum atomic E-state index is 0.0527. The van der Waals surface area contributed by atoms with Gasteiger partial charge in [-0.25, -0.2) is 0 Å². The summed E-state index contributed by atoms with van der Waals surface area (Å²) >= 11 is 0. The van der Waals surface area contributed by atoms with Crippen molar-refractivity contribution in [2.24, 2.45) is 5.73 Å². The molecule has 0 saturated carbocycles. The number of ether oxygens (including phenoxy) is 1. The highest BCUT2D eigenvalue weighted by Gasteiger charge is 2.14. The fourth-order valence-electron chi connectivity index (χ4n) is 2.20. The van der Waals surface area contributed by atoms with Gasteiger partial charge in [0, 0.05) is 11.6 Å². The van der Waals surface area contributed by atoms with E-state index in [-0.39, 0.29) is 6.04 Å². The summed E-state index contributed by atoms with van der Waals surface area (Å²) in [5.74, 6) is 0.938. The molecule has 0 spiro atoms. The minimum Gasteiger partial charge on any atom is -0.496 e. The molecule has 0 amide bonds. The Morgan fingerprint density at radius 3 is 2.65 bits per heavy atom. The molecule has 3 nitrogen and oxygen atoms in total. The summed E-state index contributed by atoms with van der Waals surface area (Å²) in [7, 11) is 3.67. The maximum Gasteiger partial charge on any atom is 0.126 e. The van der Waals surface area contributed by atoms with E-state index in [0.717, 1.165) is 36.3 Å². The number of aryl methyl sites for hydroxylation is 2. The maximum absolute atomic E-state index is 6.24. The van der Waals surface area contributed by atoms with Crippen molar-refractivity contribution in [1.82, 2.24) is 5.32 Å². The number of methoxy groups -OCH3 is 1. The highest BCUT2D eigenvalue weighted by atomic mass is 16.5. The molecule has 3 heteroatoms. The van der Waals surface area contributed by atoms with Crippen molar-refractivity contribution < 1.29 is 4.74 Å². The predicted molar refractivity (Wildman–Crippen MR) is 72.6 cm³/mol. The molecule has 1 aromatic carbocycles. The first-order valence-corrected chi connectivity index (χ1v) is 6.15. The van der Waals surface area contributed by atoms with Crippen LogP contribution in [-0.4, -0.2) is 20.7 Å². The molecule has 0 aliphatic rings. The zero-order chi connectivity index (χ0) is 12.8. The Bertz CT molecular complexity index is 363. The first-order chi connectivity index (χ1) is 8.10. The second kappa shape index (κ2) is 6.62. The number of rotatable bonds is 6. The molecule has 0 radical (unpaired) electrons. The van der Waals surface area contributed by atoms with Crippen LogP contribution in [0.1, 0.15) is 35.6 Å². The number of nitrogens with one attached hydrogen (secondary N) is 1. The Morgan fingerprint density at radius 1 is 1.35 bits per heavy atom. The van der Waals surface area contributed by atoms with Gasteiger partial charge in [0.05, 0.1) is 7.11 Å². The van der Waals surface area contributed by atoms with Gasteiger partial charge in [-0.3, -0.25) is 0 Å². The number of hydrogen-bond acceptors (Lipinski definition) is 3. The molecule has 1 aromatic rings. The topological polar surface area (TPSA) is 47.3 Å². The van der Waals surface area contributed by atoms with Crippen molar-refractivity contribution in [2.75, 3.05) is 20.7 Å². The van der Waals surface area contributed by atoms with Crippen LogP contribution in [0.3, 0.4) is 0 Å². The molecule has 1 atom stereocenters. The average Bonchev–Trinajstić information content (AvgIpc) is 2.28. The largest absolute Gasteiger partial charge is 0.496 e. The Hall–Kier alpha value is -1.06. The Labute approximate surface area is 104 Å². The highest BCUT2D eigenvalue weighted by Crippen LogP contribution is 2.30. The summed E-state index contributed by atoms with van der Waals surface area (Å²) in [4.78, 5) is 0. The molecular formula is C14H24N2O. The van der Waals surface area contributed by atoms with Gasteiger partial charge in [0.15, 0.2) is 0 Å². The Morgan fingerprint density at radius 2 is 2.06 bits per heavy atom. The van der Waals surface area contributed by atoms with Gasteiger partial charge < -0.3 is 15.8 Å². The molecule has 0 aliphatic carbocycles. The molecule has 0 fully saturated rings. The standard InChI is InChI=1S/C14H24N2O/c1-10-8-11(2)14(17-4)12(9-10)13(15)6-5-7-16-3/h8-9,13,16H,5-7,15H2,1-4H3. The van der Waals surface area contributed by atoms with Crippen molar-refractivity contribution >= 4 is 0 Å². The lowest BCUT2D eigenvalue weighted by molar-refractivity contribution is 0.400. The molecule has 0 saturated heterocycles. The molecule has 96 valence electrons. The zero-order valence-corrected chi connectivity index (χ0v) is 11.3. The van der Waals surface area contributed by atoms with Gasteiger partial charge in [-0.2, -0.15) is 0 Å². The Balaban J connectivity index is 2.87. The van der Waals surface area contributed by atoms with Crippen LogP contribution in [-0.2, 0) is 0 Å². The number of hydrogen-bond donors (Lipinski definition) is 2. The van der Waals surface area contributed by atoms with E-state index in [1.807, 2.05) is 7.05 Å². The lowest BCUT2D eigenvalue weighted by Crippen LogP contribution is -2.15. The van der Waals surface area contributed by atoms with Crippen LogP contribution < -0.4 is 15.8 Å². The molecule has 0 bridgehead atoms. The third-order valence-electron chi connectivity index (χ3n) is 2.99. The van der Waals surface area contributed by atoms with E-state index >= 15 is 0 Å². The smallest absolute Gasteiger partial charge is 0.126 e. The summed E-state index contributed by atoms with van der Waals surface area (Å²) in [5.41, 5.74) is 9.77. The third kappa shape index (κ3) is 3.72. The maximum atomic E-state index is 6.24. The van der Waals surface area contributed by atoms with Crippen LogP contribution in [0, 0.1) is 13.8 Å². The summed E-state index contributed by atoms with van der Waals surface area (Å²) in [5, 5.41) is 3.14. The fraction of sp³-hybridized carbons (Fsp3) is 0.571. The lowest BCUT2D eigenvalue weighted by Gasteiger charge is -2.18. The molecule has 0 heterocycles. The van der Waals surface area contributed by atoms with Gasteiger partial charge in [-0.05, 0) is 45.8 Å². The van der Waals surface area contributed by atoms with Crippen LogP contribution in [0.25, 0.3) is 0 Å². The summed E-state index contributed by atoms with van der Waals surface area (Å²) in [6, 6.07) is 4.32. The van der Waals surface area contributed by atoms with E-state index in [1.54, 1.807) is 7.11 Å². The summed E-state index contributed by atoms with van der Waals surface area (Å²) in [6.07, 6.45) is 2.05. The quantitative estimate of drug-likeness (QED) is 0.745. The number of benzene rings is 1. The second-order valence-corrected chi connectivity index (χ2v) is 4.56. The van der Waals surface area contributed by atoms with Crippen LogP contribution in [0.5, 0.6) is 5.75 Å². The molecular weight excluding hydrogens is 212 g/mol. The van der Waals surface area contributed by atoms with Gasteiger partial charge >= 0.3 is 0 Å². The highest BCUT2D eigenvalue weighted by molar-refractivity contribution is 5.45. The molecule has 17 heavy (non-hydrogen) atoms. The SMILES string of the molecule is CNCCCC(N)c1cc(C)cc(C)c1OC. The van der Waals surface area contributed by atoms with E-state index in [9.17, 15) is 0 Å². The third-order valence-corrected chi connectivity index (χ3v) is 2.99. The van der Waals surface area contributed by atoms with Crippen molar-refractivity contribution in [3.8, 4) is 5.75 Å². The van der Waals surface area contributed by atoms with Crippen molar-refractivity contribution in [3.63, 3.8) is 0 Å². The molecule has 3 N–H and O–H groups in total. The average molecular weight is 236 g/mol. The molecule has 1 rings (SSSR count). The van der Waals surface area contributed by atoms with Gasteiger partial charge in [0.25, 0.3) is 0 Å². The van der Waals surface area contributed by atoms with E-state index < -0.39 is 0 Å². The zero-order valence-electron chi connectivity index (χ0n) is 11.3. The normalized spacial score (nSPS) is 12.5. The van der Waals surface area contributed by atoms with Crippen molar-refractivity contribution in [2.45, 2.75) is 32.7 Å². The van der Waals surface area contributed by atoms with Gasteiger partial charge in [0.1, 0.15) is 5.75 Å². The van der Waals surface area contributed by atoms with Crippen molar-refractivity contribution in [1.29, 1.82) is 0 Å². The van der Waals surface area contributed by atoms with Gasteiger partial charge in [0.2, 0.25) is 0 Å². The minimum absolute atomic E-state index is 0.0527. The molecule has 1 unspecified atom stereocenters. The summed E-state index contributed by atoms with van der Waals surface area (Å²) < 4.78 is 5.46. The Kier molecular flexibility index (Phi) is 5.45. The van der Waals surface area contributed by atoms with E-state index in [1.165, 1.54) is 5.56 Å². The summed E-state index contributed by atoms with van der Waals surface area (Å²) in [6.45, 7) is 5.16. The molecule has 0 aliphatic heterocycles. The van der Waals surface area contributed by atoms with Crippen LogP contribution >= 0.6 is 0 Å². The van der Waals surface area contributed by atoms with Crippen LogP contribution in [0.2, 0.25) is 0 Å². The predicted octanol–water partition coefficient (Wildman–Crippen LogP) is 2.31. The van der Waals surface area contributed by atoms with E-state index in [4.69, 9.17) is 10.5 Å². The van der Waals surface area contributed by atoms with E-state index in [2.05, 4.69) is 31.3 Å². The number of nitrogens with two attached hydrogens (primary N) is 1. The monoisotopic (exact) mass is 236 g/mol. The second-order valence-electron chi connectivity index (χ2n) is 4.56. The lowest BCUT2D eigenvalue weighted by atomic mass is 9.97. The van der Waals surface area contributed by atoms with Crippen LogP contribution in [0.4, 0.5) is 0 Å². The first kappa shape index (κ1) is 14.0. The molecule has 0 aromatic heterocycles. The van der Waals surface area contributed by atoms with E-state index in [0.29, 0.717) is 0 Å². The van der Waals surface area contributed by atoms with Gasteiger partial charge in [-0.15, -0.1) is 0 Å². The first-order valence-electron chi connectivity index (χ1n) is 6.15. The van der Waals surface area contributed by atoms with Gasteiger partial charge in [-0.1, -0.05) is 17.7 Å². The fourth-order valence-corrected chi connectivity index (χ4v) is 2.20. The van der Waals surface area contributed by atoms with Crippen molar-refractivity contribution in [3.05, 3.63) is 28.8 Å².